The molecule has 0 saturated carbocycles. The van der Waals surface area contributed by atoms with E-state index in [0.29, 0.717) is 10.4 Å². The maximum Gasteiger partial charge on any atom is 0.262 e. The fraction of sp³-hybridized carbons (Fsp3) is 0.312. The molecule has 0 aliphatic rings. The van der Waals surface area contributed by atoms with Crippen molar-refractivity contribution < 1.29 is 9.59 Å². The summed E-state index contributed by atoms with van der Waals surface area (Å²) in [5.74, 6) is -0.590. The Hall–Kier alpha value is -2.41. The van der Waals surface area contributed by atoms with Crippen LogP contribution < -0.4 is 16.2 Å². The van der Waals surface area contributed by atoms with Crippen LogP contribution >= 0.6 is 11.3 Å². The smallest absolute Gasteiger partial charge is 0.262 e. The Morgan fingerprint density at radius 1 is 1.30 bits per heavy atom. The van der Waals surface area contributed by atoms with E-state index in [9.17, 15) is 14.4 Å². The van der Waals surface area contributed by atoms with E-state index in [1.54, 1.807) is 18.2 Å². The number of aromatic amines is 1. The van der Waals surface area contributed by atoms with Gasteiger partial charge in [0.1, 0.15) is 6.04 Å². The highest BCUT2D eigenvalue weighted by molar-refractivity contribution is 7.12. The summed E-state index contributed by atoms with van der Waals surface area (Å²) >= 11 is 1.33. The zero-order valence-corrected chi connectivity index (χ0v) is 13.8. The first kappa shape index (κ1) is 17.0. The molecular weight excluding hydrogens is 314 g/mol. The number of thiophene rings is 1. The molecule has 0 aliphatic carbocycles. The third-order valence-electron chi connectivity index (χ3n) is 3.29. The summed E-state index contributed by atoms with van der Waals surface area (Å²) in [5.41, 5.74) is 0.484. The van der Waals surface area contributed by atoms with Gasteiger partial charge in [0.25, 0.3) is 5.91 Å². The van der Waals surface area contributed by atoms with E-state index >= 15 is 0 Å². The fourth-order valence-corrected chi connectivity index (χ4v) is 2.68. The summed E-state index contributed by atoms with van der Waals surface area (Å²) < 4.78 is 0. The van der Waals surface area contributed by atoms with Crippen LogP contribution in [-0.2, 0) is 11.3 Å². The van der Waals surface area contributed by atoms with Crippen molar-refractivity contribution in [1.82, 2.24) is 15.6 Å². The van der Waals surface area contributed by atoms with Crippen molar-refractivity contribution in [2.24, 2.45) is 5.92 Å². The van der Waals surface area contributed by atoms with Gasteiger partial charge in [-0.25, -0.2) is 0 Å². The minimum Gasteiger partial charge on any atom is -0.350 e. The summed E-state index contributed by atoms with van der Waals surface area (Å²) in [6.45, 7) is 3.97. The molecule has 0 unspecified atom stereocenters. The zero-order valence-electron chi connectivity index (χ0n) is 13.0. The number of amides is 2. The Kier molecular flexibility index (Phi) is 5.70. The first-order valence-electron chi connectivity index (χ1n) is 7.27. The van der Waals surface area contributed by atoms with Gasteiger partial charge in [-0.3, -0.25) is 14.4 Å². The van der Waals surface area contributed by atoms with Gasteiger partial charge in [0.2, 0.25) is 11.5 Å². The molecule has 7 heteroatoms. The van der Waals surface area contributed by atoms with E-state index in [4.69, 9.17) is 0 Å². The summed E-state index contributed by atoms with van der Waals surface area (Å²) in [4.78, 5) is 38.8. The molecule has 2 rings (SSSR count). The highest BCUT2D eigenvalue weighted by atomic mass is 32.1. The molecule has 122 valence electrons. The highest BCUT2D eigenvalue weighted by Gasteiger charge is 2.24. The normalized spacial score (nSPS) is 12.0. The Morgan fingerprint density at radius 2 is 2.09 bits per heavy atom. The second-order valence-corrected chi connectivity index (χ2v) is 6.40. The van der Waals surface area contributed by atoms with Crippen LogP contribution in [-0.4, -0.2) is 22.8 Å². The summed E-state index contributed by atoms with van der Waals surface area (Å²) in [5, 5.41) is 7.32. The maximum absolute atomic E-state index is 12.3. The number of hydrogen-bond donors (Lipinski definition) is 3. The van der Waals surface area contributed by atoms with Gasteiger partial charge in [0, 0.05) is 18.8 Å². The zero-order chi connectivity index (χ0) is 16.8. The average molecular weight is 333 g/mol. The van der Waals surface area contributed by atoms with Gasteiger partial charge in [-0.15, -0.1) is 11.3 Å². The lowest BCUT2D eigenvalue weighted by molar-refractivity contribution is -0.124. The van der Waals surface area contributed by atoms with Crippen LogP contribution in [0.25, 0.3) is 0 Å². The molecular formula is C16H19N3O3S. The molecule has 23 heavy (non-hydrogen) atoms. The van der Waals surface area contributed by atoms with Crippen LogP contribution in [0.4, 0.5) is 0 Å². The Bertz CT molecular complexity index is 722. The number of rotatable bonds is 6. The second kappa shape index (κ2) is 7.73. The number of carbonyl (C=O) groups excluding carboxylic acids is 2. The molecule has 0 spiro atoms. The van der Waals surface area contributed by atoms with Crippen LogP contribution in [0, 0.1) is 5.92 Å². The van der Waals surface area contributed by atoms with Gasteiger partial charge in [0.15, 0.2) is 0 Å². The molecule has 0 radical (unpaired) electrons. The van der Waals surface area contributed by atoms with Crippen LogP contribution in [0.5, 0.6) is 0 Å². The van der Waals surface area contributed by atoms with Gasteiger partial charge < -0.3 is 15.6 Å². The number of pyridine rings is 1. The van der Waals surface area contributed by atoms with Crippen molar-refractivity contribution in [2.45, 2.75) is 26.4 Å². The average Bonchev–Trinajstić information content (AvgIpc) is 3.04. The van der Waals surface area contributed by atoms with Gasteiger partial charge >= 0.3 is 0 Å². The second-order valence-electron chi connectivity index (χ2n) is 5.45. The molecule has 6 nitrogen and oxygen atoms in total. The molecule has 2 amide bonds. The summed E-state index contributed by atoms with van der Waals surface area (Å²) in [7, 11) is 0. The predicted octanol–water partition coefficient (Wildman–Crippen LogP) is 1.51. The van der Waals surface area contributed by atoms with Gasteiger partial charge in [-0.05, 0) is 29.0 Å². The topological polar surface area (TPSA) is 91.1 Å². The fourth-order valence-electron chi connectivity index (χ4n) is 2.05. The quantitative estimate of drug-likeness (QED) is 0.748. The highest BCUT2D eigenvalue weighted by Crippen LogP contribution is 2.10. The lowest BCUT2D eigenvalue weighted by Gasteiger charge is -2.21. The van der Waals surface area contributed by atoms with Crippen molar-refractivity contribution >= 4 is 23.2 Å². The van der Waals surface area contributed by atoms with Crippen LogP contribution in [0.3, 0.4) is 0 Å². The molecule has 3 N–H and O–H groups in total. The SMILES string of the molecule is CC(C)[C@@H](NC(=O)c1cccs1)C(=O)NCc1cc[nH]c(=O)c1. The molecule has 0 saturated heterocycles. The van der Waals surface area contributed by atoms with E-state index in [2.05, 4.69) is 15.6 Å². The molecule has 0 aromatic carbocycles. The summed E-state index contributed by atoms with van der Waals surface area (Å²) in [6.07, 6.45) is 1.53. The number of carbonyl (C=O) groups is 2. The Labute approximate surface area is 137 Å². The largest absolute Gasteiger partial charge is 0.350 e. The van der Waals surface area contributed by atoms with Crippen molar-refractivity contribution in [3.63, 3.8) is 0 Å². The van der Waals surface area contributed by atoms with Crippen LogP contribution in [0.2, 0.25) is 0 Å². The van der Waals surface area contributed by atoms with Gasteiger partial charge in [0.05, 0.1) is 4.88 Å². The molecule has 2 aromatic heterocycles. The number of nitrogens with one attached hydrogen (secondary N) is 3. The minimum atomic E-state index is -0.633. The summed E-state index contributed by atoms with van der Waals surface area (Å²) in [6, 6.07) is 6.01. The molecule has 1 atom stereocenters. The van der Waals surface area contributed by atoms with E-state index in [0.717, 1.165) is 0 Å². The van der Waals surface area contributed by atoms with Gasteiger partial charge in [-0.2, -0.15) is 0 Å². The van der Waals surface area contributed by atoms with Crippen LogP contribution in [0.1, 0.15) is 29.1 Å². The van der Waals surface area contributed by atoms with Crippen molar-refractivity contribution in [3.05, 3.63) is 56.6 Å². The molecule has 2 heterocycles. The first-order chi connectivity index (χ1) is 11.0. The van der Waals surface area contributed by atoms with Gasteiger partial charge in [-0.1, -0.05) is 19.9 Å². The van der Waals surface area contributed by atoms with Crippen LogP contribution in [0.15, 0.2) is 40.6 Å². The van der Waals surface area contributed by atoms with Crippen molar-refractivity contribution in [2.75, 3.05) is 0 Å². The lowest BCUT2D eigenvalue weighted by atomic mass is 10.0. The molecule has 0 aliphatic heterocycles. The maximum atomic E-state index is 12.3. The number of hydrogen-bond acceptors (Lipinski definition) is 4. The Balaban J connectivity index is 1.98. The number of H-pyrrole nitrogens is 1. The minimum absolute atomic E-state index is 0.0573. The lowest BCUT2D eigenvalue weighted by Crippen LogP contribution is -2.49. The monoisotopic (exact) mass is 333 g/mol. The third kappa shape index (κ3) is 4.79. The van der Waals surface area contributed by atoms with E-state index < -0.39 is 6.04 Å². The first-order valence-corrected chi connectivity index (χ1v) is 8.15. The van der Waals surface area contributed by atoms with Crippen molar-refractivity contribution in [1.29, 1.82) is 0 Å². The predicted molar refractivity (Wildman–Crippen MR) is 89.3 cm³/mol. The number of aromatic nitrogens is 1. The molecule has 0 bridgehead atoms. The third-order valence-corrected chi connectivity index (χ3v) is 4.16. The molecule has 2 aromatic rings. The molecule has 0 fully saturated rings. The van der Waals surface area contributed by atoms with E-state index in [-0.39, 0.29) is 29.8 Å². The van der Waals surface area contributed by atoms with Crippen molar-refractivity contribution in [3.8, 4) is 0 Å². The Morgan fingerprint density at radius 3 is 2.70 bits per heavy atom. The standard InChI is InChI=1S/C16H19N3O3S/c1-10(2)14(19-15(21)12-4-3-7-23-12)16(22)18-9-11-5-6-17-13(20)8-11/h3-8,10,14H,9H2,1-2H3,(H,17,20)(H,18,22)(H,19,21)/t14-/m1/s1. The van der Waals surface area contributed by atoms with E-state index in [1.165, 1.54) is 23.6 Å². The van der Waals surface area contributed by atoms with E-state index in [1.807, 2.05) is 19.2 Å².